The lowest BCUT2D eigenvalue weighted by atomic mass is 10.0. The van der Waals surface area contributed by atoms with Crippen molar-refractivity contribution in [3.8, 4) is 17.2 Å². The summed E-state index contributed by atoms with van der Waals surface area (Å²) in [7, 11) is 1.59. The van der Waals surface area contributed by atoms with Crippen molar-refractivity contribution in [2.75, 3.05) is 7.11 Å². The number of aryl methyl sites for hydroxylation is 1. The molecule has 0 aliphatic carbocycles. The number of hydrogen-bond acceptors (Lipinski definition) is 4. The van der Waals surface area contributed by atoms with Gasteiger partial charge in [-0.25, -0.2) is 0 Å². The minimum atomic E-state index is -0.199. The van der Waals surface area contributed by atoms with Crippen molar-refractivity contribution in [2.45, 2.75) is 12.8 Å². The smallest absolute Gasteiger partial charge is 0.166 e. The number of carbonyl (C=O) groups excluding carboxylic acids is 1. The molecule has 0 fully saturated rings. The minimum Gasteiger partial charge on any atom is -0.508 e. The summed E-state index contributed by atoms with van der Waals surface area (Å²) in [6.07, 6.45) is 0.794. The maximum atomic E-state index is 12.1. The molecule has 0 spiro atoms. The molecule has 4 heteroatoms. The van der Waals surface area contributed by atoms with Crippen molar-refractivity contribution in [1.29, 1.82) is 0 Å². The van der Waals surface area contributed by atoms with Gasteiger partial charge in [0.2, 0.25) is 0 Å². The van der Waals surface area contributed by atoms with Crippen LogP contribution in [0.25, 0.3) is 0 Å². The van der Waals surface area contributed by atoms with E-state index in [2.05, 4.69) is 0 Å². The van der Waals surface area contributed by atoms with Crippen LogP contribution in [0.2, 0.25) is 0 Å². The van der Waals surface area contributed by atoms with Crippen LogP contribution < -0.4 is 4.74 Å². The Morgan fingerprint density at radius 3 is 2.60 bits per heavy atom. The second-order valence-electron chi connectivity index (χ2n) is 4.44. The fraction of sp³-hybridized carbons (Fsp3) is 0.188. The molecule has 0 saturated heterocycles. The first-order chi connectivity index (χ1) is 9.61. The standard InChI is InChI=1S/C16H16O4/c1-20-16-5-3-2-4-11(16)6-9-14(18)13-8-7-12(17)10-15(13)19/h2-5,7-8,10,17,19H,6,9H2,1H3. The maximum absolute atomic E-state index is 12.1. The van der Waals surface area contributed by atoms with Gasteiger partial charge in [-0.3, -0.25) is 4.79 Å². The highest BCUT2D eigenvalue weighted by Gasteiger charge is 2.12. The first-order valence-electron chi connectivity index (χ1n) is 6.29. The predicted octanol–water partition coefficient (Wildman–Crippen LogP) is 2.92. The summed E-state index contributed by atoms with van der Waals surface area (Å²) in [6.45, 7) is 0. The molecule has 0 unspecified atom stereocenters. The highest BCUT2D eigenvalue weighted by atomic mass is 16.5. The summed E-state index contributed by atoms with van der Waals surface area (Å²) in [6, 6.07) is 11.5. The van der Waals surface area contributed by atoms with Crippen LogP contribution in [0.4, 0.5) is 0 Å². The predicted molar refractivity (Wildman–Crippen MR) is 75.4 cm³/mol. The molecule has 0 heterocycles. The lowest BCUT2D eigenvalue weighted by Crippen LogP contribution is -2.02. The molecule has 0 radical (unpaired) electrons. The number of ether oxygens (including phenoxy) is 1. The van der Waals surface area contributed by atoms with Crippen LogP contribution in [0.1, 0.15) is 22.3 Å². The molecule has 0 amide bonds. The van der Waals surface area contributed by atoms with Crippen LogP contribution in [0, 0.1) is 0 Å². The summed E-state index contributed by atoms with van der Waals surface area (Å²) in [5, 5.41) is 18.9. The van der Waals surface area contributed by atoms with E-state index in [1.54, 1.807) is 7.11 Å². The van der Waals surface area contributed by atoms with Crippen LogP contribution in [0.15, 0.2) is 42.5 Å². The third-order valence-corrected chi connectivity index (χ3v) is 3.10. The molecule has 2 aromatic carbocycles. The quantitative estimate of drug-likeness (QED) is 0.821. The van der Waals surface area contributed by atoms with Crippen molar-refractivity contribution in [1.82, 2.24) is 0 Å². The number of hydrogen-bond donors (Lipinski definition) is 2. The molecule has 4 nitrogen and oxygen atoms in total. The highest BCUT2D eigenvalue weighted by Crippen LogP contribution is 2.25. The van der Waals surface area contributed by atoms with Gasteiger partial charge in [0.25, 0.3) is 0 Å². The number of rotatable bonds is 5. The Morgan fingerprint density at radius 1 is 1.15 bits per heavy atom. The van der Waals surface area contributed by atoms with E-state index in [1.165, 1.54) is 12.1 Å². The molecule has 0 aliphatic rings. The van der Waals surface area contributed by atoms with E-state index in [1.807, 2.05) is 24.3 Å². The van der Waals surface area contributed by atoms with E-state index in [0.717, 1.165) is 17.4 Å². The monoisotopic (exact) mass is 272 g/mol. The van der Waals surface area contributed by atoms with Crippen LogP contribution in [0.5, 0.6) is 17.2 Å². The molecule has 0 aliphatic heterocycles. The average molecular weight is 272 g/mol. The lowest BCUT2D eigenvalue weighted by Gasteiger charge is -2.08. The van der Waals surface area contributed by atoms with Gasteiger partial charge in [-0.15, -0.1) is 0 Å². The second kappa shape index (κ2) is 6.10. The molecular weight excluding hydrogens is 256 g/mol. The summed E-state index contributed by atoms with van der Waals surface area (Å²) in [5.41, 5.74) is 1.17. The SMILES string of the molecule is COc1ccccc1CCC(=O)c1ccc(O)cc1O. The number of phenols is 2. The molecular formula is C16H16O4. The Balaban J connectivity index is 2.09. The Morgan fingerprint density at radius 2 is 1.90 bits per heavy atom. The van der Waals surface area contributed by atoms with E-state index in [-0.39, 0.29) is 29.3 Å². The first kappa shape index (κ1) is 13.9. The van der Waals surface area contributed by atoms with Gasteiger partial charge in [0.1, 0.15) is 17.2 Å². The van der Waals surface area contributed by atoms with E-state index < -0.39 is 0 Å². The Bertz CT molecular complexity index is 620. The molecule has 0 bridgehead atoms. The molecule has 20 heavy (non-hydrogen) atoms. The fourth-order valence-corrected chi connectivity index (χ4v) is 2.05. The van der Waals surface area contributed by atoms with Gasteiger partial charge in [0.15, 0.2) is 5.78 Å². The number of para-hydroxylation sites is 1. The van der Waals surface area contributed by atoms with Gasteiger partial charge in [-0.05, 0) is 30.2 Å². The van der Waals surface area contributed by atoms with E-state index >= 15 is 0 Å². The summed E-state index contributed by atoms with van der Waals surface area (Å²) in [5.74, 6) is 0.308. The van der Waals surface area contributed by atoms with Crippen LogP contribution in [0.3, 0.4) is 0 Å². The zero-order valence-corrected chi connectivity index (χ0v) is 11.2. The molecule has 0 atom stereocenters. The second-order valence-corrected chi connectivity index (χ2v) is 4.44. The van der Waals surface area contributed by atoms with Gasteiger partial charge in [-0.2, -0.15) is 0 Å². The van der Waals surface area contributed by atoms with Crippen LogP contribution in [-0.4, -0.2) is 23.1 Å². The normalized spacial score (nSPS) is 10.2. The van der Waals surface area contributed by atoms with Crippen LogP contribution in [-0.2, 0) is 6.42 Å². The average Bonchev–Trinajstić information content (AvgIpc) is 2.45. The third-order valence-electron chi connectivity index (χ3n) is 3.10. The number of methoxy groups -OCH3 is 1. The molecule has 2 rings (SSSR count). The van der Waals surface area contributed by atoms with Crippen molar-refractivity contribution < 1.29 is 19.7 Å². The van der Waals surface area contributed by atoms with Gasteiger partial charge in [0, 0.05) is 12.5 Å². The van der Waals surface area contributed by atoms with E-state index in [0.29, 0.717) is 6.42 Å². The van der Waals surface area contributed by atoms with Gasteiger partial charge in [0.05, 0.1) is 12.7 Å². The molecule has 2 aromatic rings. The summed E-state index contributed by atoms with van der Waals surface area (Å²) >= 11 is 0. The van der Waals surface area contributed by atoms with E-state index in [9.17, 15) is 15.0 Å². The zero-order chi connectivity index (χ0) is 14.5. The first-order valence-corrected chi connectivity index (χ1v) is 6.29. The Labute approximate surface area is 117 Å². The van der Waals surface area contributed by atoms with Crippen molar-refractivity contribution in [3.63, 3.8) is 0 Å². The van der Waals surface area contributed by atoms with Crippen molar-refractivity contribution in [3.05, 3.63) is 53.6 Å². The number of phenolic OH excluding ortho intramolecular Hbond substituents is 2. The number of carbonyl (C=O) groups is 1. The topological polar surface area (TPSA) is 66.8 Å². The lowest BCUT2D eigenvalue weighted by molar-refractivity contribution is 0.0980. The molecule has 0 saturated carbocycles. The molecule has 2 N–H and O–H groups in total. The number of ketones is 1. The number of Topliss-reactive ketones (excluding diaryl/α,β-unsaturated/α-hetero) is 1. The zero-order valence-electron chi connectivity index (χ0n) is 11.2. The third kappa shape index (κ3) is 3.09. The summed E-state index contributed by atoms with van der Waals surface area (Å²) in [4.78, 5) is 12.1. The number of benzene rings is 2. The highest BCUT2D eigenvalue weighted by molar-refractivity contribution is 5.98. The fourth-order valence-electron chi connectivity index (χ4n) is 2.05. The molecule has 0 aromatic heterocycles. The van der Waals surface area contributed by atoms with Crippen LogP contribution >= 0.6 is 0 Å². The Kier molecular flexibility index (Phi) is 4.25. The largest absolute Gasteiger partial charge is 0.508 e. The van der Waals surface area contributed by atoms with Crippen molar-refractivity contribution in [2.24, 2.45) is 0 Å². The number of aromatic hydroxyl groups is 2. The van der Waals surface area contributed by atoms with Gasteiger partial charge < -0.3 is 14.9 Å². The summed E-state index contributed by atoms with van der Waals surface area (Å²) < 4.78 is 5.23. The van der Waals surface area contributed by atoms with Gasteiger partial charge in [-0.1, -0.05) is 18.2 Å². The maximum Gasteiger partial charge on any atom is 0.166 e. The van der Waals surface area contributed by atoms with Crippen molar-refractivity contribution >= 4 is 5.78 Å². The van der Waals surface area contributed by atoms with Gasteiger partial charge >= 0.3 is 0 Å². The van der Waals surface area contributed by atoms with E-state index in [4.69, 9.17) is 4.74 Å². The minimum absolute atomic E-state index is 0.0659. The molecule has 104 valence electrons. The Hall–Kier alpha value is -2.49.